The minimum atomic E-state index is -4.02. The van der Waals surface area contributed by atoms with Gasteiger partial charge in [0.2, 0.25) is 0 Å². The van der Waals surface area contributed by atoms with Crippen LogP contribution in [0.1, 0.15) is 10.8 Å². The fourth-order valence-corrected chi connectivity index (χ4v) is 5.37. The van der Waals surface area contributed by atoms with Crippen LogP contribution in [-0.4, -0.2) is 19.5 Å². The summed E-state index contributed by atoms with van der Waals surface area (Å²) in [6.07, 6.45) is 0. The quantitative estimate of drug-likeness (QED) is 0.576. The molecule has 0 aliphatic carbocycles. The van der Waals surface area contributed by atoms with Crippen molar-refractivity contribution in [2.75, 3.05) is 4.90 Å². The van der Waals surface area contributed by atoms with Gasteiger partial charge in [-0.05, 0) is 42.0 Å². The number of thioether (sulfide) groups is 1. The second-order valence-corrected chi connectivity index (χ2v) is 9.33. The van der Waals surface area contributed by atoms with Gasteiger partial charge in [0.25, 0.3) is 15.9 Å². The van der Waals surface area contributed by atoms with Crippen molar-refractivity contribution in [2.45, 2.75) is 10.1 Å². The number of carbonyl (C=O) groups is 1. The SMILES string of the molecule is O=C1[C@@H](c2ccccc2)SC(=NS(=O)(=O)c2ccc(Cl)cc2)N1c1ccccc1. The average Bonchev–Trinajstić information content (AvgIpc) is 3.05. The minimum Gasteiger partial charge on any atom is -0.272 e. The summed E-state index contributed by atoms with van der Waals surface area (Å²) >= 11 is 6.97. The molecule has 1 fully saturated rings. The van der Waals surface area contributed by atoms with E-state index in [1.54, 1.807) is 24.3 Å². The highest BCUT2D eigenvalue weighted by molar-refractivity contribution is 8.16. The summed E-state index contributed by atoms with van der Waals surface area (Å²) in [6.45, 7) is 0. The van der Waals surface area contributed by atoms with E-state index in [-0.39, 0.29) is 16.0 Å². The van der Waals surface area contributed by atoms with Crippen molar-refractivity contribution in [3.63, 3.8) is 0 Å². The van der Waals surface area contributed by atoms with E-state index in [2.05, 4.69) is 4.40 Å². The van der Waals surface area contributed by atoms with Crippen LogP contribution in [0.25, 0.3) is 0 Å². The minimum absolute atomic E-state index is 0.0126. The van der Waals surface area contributed by atoms with Crippen LogP contribution in [-0.2, 0) is 14.8 Å². The Kier molecular flexibility index (Phi) is 5.45. The van der Waals surface area contributed by atoms with Gasteiger partial charge in [0.15, 0.2) is 5.17 Å². The lowest BCUT2D eigenvalue weighted by molar-refractivity contribution is -0.117. The first-order valence-corrected chi connectivity index (χ1v) is 11.4. The standard InChI is InChI=1S/C21H15ClN2O3S2/c22-16-11-13-18(14-12-16)29(26,27)23-21-24(17-9-5-2-6-10-17)20(25)19(28-21)15-7-3-1-4-8-15/h1-14,19H/t19-/m1/s1. The lowest BCUT2D eigenvalue weighted by Gasteiger charge is -2.16. The summed E-state index contributed by atoms with van der Waals surface area (Å²) in [7, 11) is -4.02. The van der Waals surface area contributed by atoms with Gasteiger partial charge in [-0.3, -0.25) is 9.69 Å². The predicted octanol–water partition coefficient (Wildman–Crippen LogP) is 4.91. The molecule has 1 aliphatic rings. The molecule has 1 atom stereocenters. The molecule has 146 valence electrons. The van der Waals surface area contributed by atoms with Crippen LogP contribution in [0.5, 0.6) is 0 Å². The van der Waals surface area contributed by atoms with Crippen LogP contribution in [0.4, 0.5) is 5.69 Å². The summed E-state index contributed by atoms with van der Waals surface area (Å²) < 4.78 is 29.7. The summed E-state index contributed by atoms with van der Waals surface area (Å²) in [5.41, 5.74) is 1.35. The molecule has 3 aromatic carbocycles. The van der Waals surface area contributed by atoms with Gasteiger partial charge in [-0.25, -0.2) is 0 Å². The summed E-state index contributed by atoms with van der Waals surface area (Å²) in [6, 6.07) is 23.9. The largest absolute Gasteiger partial charge is 0.284 e. The monoisotopic (exact) mass is 442 g/mol. The Bertz CT molecular complexity index is 1170. The van der Waals surface area contributed by atoms with E-state index >= 15 is 0 Å². The third-order valence-corrected chi connectivity index (χ3v) is 7.13. The Hall–Kier alpha value is -2.61. The maximum absolute atomic E-state index is 13.2. The number of amidine groups is 1. The number of anilines is 1. The van der Waals surface area contributed by atoms with Crippen molar-refractivity contribution < 1.29 is 13.2 Å². The van der Waals surface area contributed by atoms with Crippen LogP contribution in [0.15, 0.2) is 94.2 Å². The third kappa shape index (κ3) is 4.07. The Balaban J connectivity index is 1.79. The zero-order valence-corrected chi connectivity index (χ0v) is 17.4. The van der Waals surface area contributed by atoms with Gasteiger partial charge in [-0.2, -0.15) is 8.42 Å². The average molecular weight is 443 g/mol. The normalized spacial score (nSPS) is 18.4. The first kappa shape index (κ1) is 19.7. The van der Waals surface area contributed by atoms with Gasteiger partial charge in [0, 0.05) is 5.02 Å². The molecular weight excluding hydrogens is 428 g/mol. The van der Waals surface area contributed by atoms with Crippen molar-refractivity contribution in [1.29, 1.82) is 0 Å². The number of hydrogen-bond donors (Lipinski definition) is 0. The molecule has 5 nitrogen and oxygen atoms in total. The number of nitrogens with zero attached hydrogens (tertiary/aromatic N) is 2. The van der Waals surface area contributed by atoms with Gasteiger partial charge < -0.3 is 0 Å². The summed E-state index contributed by atoms with van der Waals surface area (Å²) in [5.74, 6) is -0.238. The zero-order chi connectivity index (χ0) is 20.4. The van der Waals surface area contributed by atoms with Crippen molar-refractivity contribution in [3.8, 4) is 0 Å². The smallest absolute Gasteiger partial charge is 0.272 e. The van der Waals surface area contributed by atoms with E-state index in [4.69, 9.17) is 11.6 Å². The zero-order valence-electron chi connectivity index (χ0n) is 15.0. The maximum atomic E-state index is 13.2. The maximum Gasteiger partial charge on any atom is 0.284 e. The Labute approximate surface area is 178 Å². The highest BCUT2D eigenvalue weighted by Gasteiger charge is 2.41. The molecule has 29 heavy (non-hydrogen) atoms. The fourth-order valence-electron chi connectivity index (χ4n) is 2.90. The molecule has 1 heterocycles. The number of halogens is 1. The highest BCUT2D eigenvalue weighted by Crippen LogP contribution is 2.42. The molecule has 0 radical (unpaired) electrons. The van der Waals surface area contributed by atoms with Crippen molar-refractivity contribution in [1.82, 2.24) is 0 Å². The van der Waals surface area contributed by atoms with E-state index in [0.29, 0.717) is 10.7 Å². The second kappa shape index (κ2) is 8.02. The lowest BCUT2D eigenvalue weighted by Crippen LogP contribution is -2.30. The van der Waals surface area contributed by atoms with E-state index in [1.807, 2.05) is 36.4 Å². The number of benzene rings is 3. The number of amides is 1. The van der Waals surface area contributed by atoms with Gasteiger partial charge in [-0.1, -0.05) is 71.9 Å². The number of para-hydroxylation sites is 1. The molecule has 0 N–H and O–H groups in total. The van der Waals surface area contributed by atoms with Crippen molar-refractivity contribution in [3.05, 3.63) is 95.5 Å². The van der Waals surface area contributed by atoms with Crippen LogP contribution < -0.4 is 4.90 Å². The van der Waals surface area contributed by atoms with E-state index in [1.165, 1.54) is 29.2 Å². The molecule has 0 aromatic heterocycles. The summed E-state index contributed by atoms with van der Waals surface area (Å²) in [5, 5.41) is -0.0300. The molecule has 1 aliphatic heterocycles. The number of hydrogen-bond acceptors (Lipinski definition) is 4. The molecule has 8 heteroatoms. The summed E-state index contributed by atoms with van der Waals surface area (Å²) in [4.78, 5) is 14.6. The molecular formula is C21H15ClN2O3S2. The van der Waals surface area contributed by atoms with E-state index in [9.17, 15) is 13.2 Å². The molecule has 1 amide bonds. The first-order valence-electron chi connectivity index (χ1n) is 8.67. The van der Waals surface area contributed by atoms with Crippen LogP contribution in [0.3, 0.4) is 0 Å². The molecule has 0 bridgehead atoms. The van der Waals surface area contributed by atoms with Crippen LogP contribution >= 0.6 is 23.4 Å². The van der Waals surface area contributed by atoms with Crippen molar-refractivity contribution >= 4 is 50.1 Å². The molecule has 0 unspecified atom stereocenters. The number of rotatable bonds is 4. The fraction of sp³-hybridized carbons (Fsp3) is 0.0476. The Morgan fingerprint density at radius 3 is 2.07 bits per heavy atom. The third-order valence-electron chi connectivity index (χ3n) is 4.29. The van der Waals surface area contributed by atoms with Crippen LogP contribution in [0.2, 0.25) is 5.02 Å². The van der Waals surface area contributed by atoms with E-state index in [0.717, 1.165) is 17.3 Å². The topological polar surface area (TPSA) is 66.8 Å². The number of sulfonamides is 1. The van der Waals surface area contributed by atoms with Gasteiger partial charge in [0.1, 0.15) is 5.25 Å². The predicted molar refractivity (Wildman–Crippen MR) is 117 cm³/mol. The van der Waals surface area contributed by atoms with Crippen molar-refractivity contribution in [2.24, 2.45) is 4.40 Å². The lowest BCUT2D eigenvalue weighted by atomic mass is 10.1. The Morgan fingerprint density at radius 2 is 1.45 bits per heavy atom. The molecule has 0 saturated carbocycles. The molecule has 4 rings (SSSR count). The van der Waals surface area contributed by atoms with Gasteiger partial charge >= 0.3 is 0 Å². The first-order chi connectivity index (χ1) is 14.0. The van der Waals surface area contributed by atoms with Gasteiger partial charge in [-0.15, -0.1) is 4.40 Å². The molecule has 1 saturated heterocycles. The Morgan fingerprint density at radius 1 is 0.862 bits per heavy atom. The second-order valence-electron chi connectivity index (χ2n) is 6.22. The van der Waals surface area contributed by atoms with Crippen LogP contribution in [0, 0.1) is 0 Å². The highest BCUT2D eigenvalue weighted by atomic mass is 35.5. The number of carbonyl (C=O) groups excluding carboxylic acids is 1. The van der Waals surface area contributed by atoms with Gasteiger partial charge in [0.05, 0.1) is 10.6 Å². The molecule has 3 aromatic rings. The van der Waals surface area contributed by atoms with E-state index < -0.39 is 15.3 Å². The molecule has 0 spiro atoms.